The van der Waals surface area contributed by atoms with Gasteiger partial charge in [0.15, 0.2) is 5.96 Å². The molecule has 130 valence electrons. The molecule has 2 aromatic carbocycles. The minimum Gasteiger partial charge on any atom is -0.356 e. The summed E-state index contributed by atoms with van der Waals surface area (Å²) in [6, 6.07) is 17.1. The number of aliphatic imine (C=N–C) groups is 1. The van der Waals surface area contributed by atoms with E-state index in [1.54, 1.807) is 19.2 Å². The molecule has 2 N–H and O–H groups in total. The highest BCUT2D eigenvalue weighted by Gasteiger charge is 2.43. The van der Waals surface area contributed by atoms with Crippen molar-refractivity contribution in [1.29, 1.82) is 0 Å². The lowest BCUT2D eigenvalue weighted by molar-refractivity contribution is -0.384. The number of rotatable bonds is 6. The maximum atomic E-state index is 10.7. The Kier molecular flexibility index (Phi) is 4.97. The highest BCUT2D eigenvalue weighted by atomic mass is 16.6. The van der Waals surface area contributed by atoms with E-state index in [4.69, 9.17) is 0 Å². The first-order valence-corrected chi connectivity index (χ1v) is 8.36. The molecule has 0 atom stereocenters. The van der Waals surface area contributed by atoms with Crippen LogP contribution in [0, 0.1) is 10.1 Å². The van der Waals surface area contributed by atoms with Crippen molar-refractivity contribution in [2.75, 3.05) is 13.6 Å². The van der Waals surface area contributed by atoms with Gasteiger partial charge in [0.2, 0.25) is 0 Å². The summed E-state index contributed by atoms with van der Waals surface area (Å²) in [4.78, 5) is 14.6. The van der Waals surface area contributed by atoms with Crippen molar-refractivity contribution in [3.8, 4) is 0 Å². The quantitative estimate of drug-likeness (QED) is 0.367. The van der Waals surface area contributed by atoms with Gasteiger partial charge in [-0.25, -0.2) is 0 Å². The van der Waals surface area contributed by atoms with Crippen LogP contribution in [0.3, 0.4) is 0 Å². The third kappa shape index (κ3) is 4.15. The van der Waals surface area contributed by atoms with E-state index in [0.717, 1.165) is 18.1 Å². The fourth-order valence-corrected chi connectivity index (χ4v) is 2.90. The van der Waals surface area contributed by atoms with Crippen molar-refractivity contribution in [1.82, 2.24) is 10.6 Å². The Morgan fingerprint density at radius 2 is 1.80 bits per heavy atom. The highest BCUT2D eigenvalue weighted by molar-refractivity contribution is 5.79. The zero-order valence-corrected chi connectivity index (χ0v) is 14.2. The maximum Gasteiger partial charge on any atom is 0.269 e. The number of nitrogens with one attached hydrogen (secondary N) is 2. The van der Waals surface area contributed by atoms with Gasteiger partial charge in [-0.15, -0.1) is 0 Å². The van der Waals surface area contributed by atoms with Crippen LogP contribution in [0.5, 0.6) is 0 Å². The first kappa shape index (κ1) is 17.0. The molecule has 3 rings (SSSR count). The van der Waals surface area contributed by atoms with Crippen LogP contribution in [0.2, 0.25) is 0 Å². The normalized spacial score (nSPS) is 15.5. The van der Waals surface area contributed by atoms with Crippen molar-refractivity contribution >= 4 is 11.6 Å². The third-order valence-electron chi connectivity index (χ3n) is 4.66. The molecule has 0 heterocycles. The predicted molar refractivity (Wildman–Crippen MR) is 98.7 cm³/mol. The molecule has 0 aromatic heterocycles. The van der Waals surface area contributed by atoms with Gasteiger partial charge in [0.05, 0.1) is 4.92 Å². The van der Waals surface area contributed by atoms with Gasteiger partial charge in [0, 0.05) is 37.7 Å². The summed E-state index contributed by atoms with van der Waals surface area (Å²) < 4.78 is 0. The average molecular weight is 338 g/mol. The van der Waals surface area contributed by atoms with Crippen molar-refractivity contribution < 1.29 is 4.92 Å². The molecule has 25 heavy (non-hydrogen) atoms. The lowest BCUT2D eigenvalue weighted by Gasteiger charge is -2.19. The zero-order valence-electron chi connectivity index (χ0n) is 14.2. The molecule has 6 nitrogen and oxygen atoms in total. The Morgan fingerprint density at radius 3 is 2.36 bits per heavy atom. The second kappa shape index (κ2) is 7.34. The van der Waals surface area contributed by atoms with E-state index in [9.17, 15) is 10.1 Å². The Bertz CT molecular complexity index is 753. The van der Waals surface area contributed by atoms with Crippen LogP contribution < -0.4 is 10.6 Å². The maximum absolute atomic E-state index is 10.7. The third-order valence-corrected chi connectivity index (χ3v) is 4.66. The molecule has 0 bridgehead atoms. The van der Waals surface area contributed by atoms with Gasteiger partial charge >= 0.3 is 0 Å². The Morgan fingerprint density at radius 1 is 1.12 bits per heavy atom. The number of benzene rings is 2. The van der Waals surface area contributed by atoms with E-state index in [1.807, 2.05) is 6.07 Å². The van der Waals surface area contributed by atoms with Gasteiger partial charge in [0.1, 0.15) is 0 Å². The molecule has 0 saturated heterocycles. The van der Waals surface area contributed by atoms with E-state index in [-0.39, 0.29) is 11.1 Å². The zero-order chi connectivity index (χ0) is 17.7. The molecule has 0 amide bonds. The second-order valence-corrected chi connectivity index (χ2v) is 6.35. The van der Waals surface area contributed by atoms with E-state index < -0.39 is 4.92 Å². The molecular weight excluding hydrogens is 316 g/mol. The number of guanidine groups is 1. The summed E-state index contributed by atoms with van der Waals surface area (Å²) in [5.41, 5.74) is 2.66. The number of non-ortho nitro benzene ring substituents is 1. The second-order valence-electron chi connectivity index (χ2n) is 6.35. The largest absolute Gasteiger partial charge is 0.356 e. The number of nitro groups is 1. The molecule has 0 spiro atoms. The van der Waals surface area contributed by atoms with Crippen LogP contribution in [0.25, 0.3) is 0 Å². The molecule has 0 unspecified atom stereocenters. The minimum atomic E-state index is -0.393. The van der Waals surface area contributed by atoms with Crippen LogP contribution in [-0.2, 0) is 12.0 Å². The number of nitrogens with zero attached hydrogens (tertiary/aromatic N) is 2. The average Bonchev–Trinajstić information content (AvgIpc) is 3.44. The smallest absolute Gasteiger partial charge is 0.269 e. The Balaban J connectivity index is 1.53. The summed E-state index contributed by atoms with van der Waals surface area (Å²) in [7, 11) is 1.74. The van der Waals surface area contributed by atoms with Gasteiger partial charge in [-0.2, -0.15) is 0 Å². The predicted octanol–water partition coefficient (Wildman–Crippen LogP) is 2.99. The van der Waals surface area contributed by atoms with Crippen LogP contribution >= 0.6 is 0 Å². The molecule has 1 aliphatic rings. The summed E-state index contributed by atoms with van der Waals surface area (Å²) in [5, 5.41) is 17.3. The van der Waals surface area contributed by atoms with Crippen molar-refractivity contribution in [3.05, 3.63) is 75.8 Å². The Hall–Kier alpha value is -2.89. The first-order valence-electron chi connectivity index (χ1n) is 8.36. The van der Waals surface area contributed by atoms with Crippen molar-refractivity contribution in [2.45, 2.75) is 24.8 Å². The van der Waals surface area contributed by atoms with Gasteiger partial charge < -0.3 is 10.6 Å². The molecule has 1 aliphatic carbocycles. The molecule has 0 radical (unpaired) electrons. The highest BCUT2D eigenvalue weighted by Crippen LogP contribution is 2.47. The lowest BCUT2D eigenvalue weighted by Crippen LogP contribution is -2.40. The fourth-order valence-electron chi connectivity index (χ4n) is 2.90. The minimum absolute atomic E-state index is 0.102. The summed E-state index contributed by atoms with van der Waals surface area (Å²) >= 11 is 0. The van der Waals surface area contributed by atoms with E-state index in [0.29, 0.717) is 6.54 Å². The molecular formula is C19H22N4O2. The standard InChI is InChI=1S/C19H22N4O2/c1-20-18(21-13-15-7-9-17(10-8-15)23(24)25)22-14-19(11-12-19)16-5-3-2-4-6-16/h2-10H,11-14H2,1H3,(H2,20,21,22). The fraction of sp³-hybridized carbons (Fsp3) is 0.316. The summed E-state index contributed by atoms with van der Waals surface area (Å²) in [6.07, 6.45) is 2.37. The van der Waals surface area contributed by atoms with Gasteiger partial charge in [-0.3, -0.25) is 15.1 Å². The van der Waals surface area contributed by atoms with E-state index in [2.05, 4.69) is 39.9 Å². The first-order chi connectivity index (χ1) is 12.1. The molecule has 1 fully saturated rings. The van der Waals surface area contributed by atoms with Crippen LogP contribution in [0.1, 0.15) is 24.0 Å². The molecule has 1 saturated carbocycles. The number of nitro benzene ring substituents is 1. The van der Waals surface area contributed by atoms with Crippen molar-refractivity contribution in [3.63, 3.8) is 0 Å². The summed E-state index contributed by atoms with van der Waals surface area (Å²) in [6.45, 7) is 1.41. The van der Waals surface area contributed by atoms with Crippen LogP contribution in [0.4, 0.5) is 5.69 Å². The van der Waals surface area contributed by atoms with Gasteiger partial charge in [0.25, 0.3) is 5.69 Å². The number of hydrogen-bond acceptors (Lipinski definition) is 3. The topological polar surface area (TPSA) is 79.6 Å². The van der Waals surface area contributed by atoms with E-state index in [1.165, 1.54) is 30.5 Å². The van der Waals surface area contributed by atoms with Crippen molar-refractivity contribution in [2.24, 2.45) is 4.99 Å². The summed E-state index contributed by atoms with van der Waals surface area (Å²) in [5.74, 6) is 0.737. The van der Waals surface area contributed by atoms with Crippen LogP contribution in [-0.4, -0.2) is 24.5 Å². The molecule has 2 aromatic rings. The molecule has 6 heteroatoms. The van der Waals surface area contributed by atoms with Gasteiger partial charge in [-0.05, 0) is 24.0 Å². The SMILES string of the molecule is CN=C(NCc1ccc([N+](=O)[O-])cc1)NCC1(c2ccccc2)CC1. The number of hydrogen-bond donors (Lipinski definition) is 2. The lowest BCUT2D eigenvalue weighted by atomic mass is 9.96. The van der Waals surface area contributed by atoms with Crippen LogP contribution in [0.15, 0.2) is 59.6 Å². The monoisotopic (exact) mass is 338 g/mol. The molecule has 0 aliphatic heterocycles. The van der Waals surface area contributed by atoms with E-state index >= 15 is 0 Å². The Labute approximate surface area is 147 Å². The van der Waals surface area contributed by atoms with Gasteiger partial charge in [-0.1, -0.05) is 42.5 Å².